The average molecular weight is 263 g/mol. The minimum absolute atomic E-state index is 0.0492. The van der Waals surface area contributed by atoms with Crippen LogP contribution in [0, 0.1) is 5.41 Å². The fraction of sp³-hybridized carbons (Fsp3) is 1.00. The van der Waals surface area contributed by atoms with Gasteiger partial charge in [-0.05, 0) is 19.3 Å². The predicted octanol–water partition coefficient (Wildman–Crippen LogP) is 0.641. The first kappa shape index (κ1) is 13.3. The Hall–Kier alpha value is -0.170. The van der Waals surface area contributed by atoms with Crippen LogP contribution in [0.2, 0.25) is 0 Å². The molecule has 1 heterocycles. The highest BCUT2D eigenvalue weighted by Gasteiger charge is 2.38. The number of sulfonamides is 1. The molecule has 1 aliphatic heterocycles. The summed E-state index contributed by atoms with van der Waals surface area (Å²) in [6.07, 6.45) is 4.98. The number of primary sulfonamides is 1. The summed E-state index contributed by atoms with van der Waals surface area (Å²) in [5.41, 5.74) is -0.254. The van der Waals surface area contributed by atoms with E-state index in [0.717, 1.165) is 38.7 Å². The molecular weight excluding hydrogens is 242 g/mol. The van der Waals surface area contributed by atoms with E-state index in [4.69, 9.17) is 14.6 Å². The zero-order valence-corrected chi connectivity index (χ0v) is 10.9. The van der Waals surface area contributed by atoms with Crippen LogP contribution in [0.25, 0.3) is 0 Å². The van der Waals surface area contributed by atoms with Crippen molar-refractivity contribution in [2.45, 2.75) is 38.2 Å². The zero-order chi connectivity index (χ0) is 12.4. The molecule has 100 valence electrons. The van der Waals surface area contributed by atoms with Crippen molar-refractivity contribution in [3.8, 4) is 0 Å². The van der Waals surface area contributed by atoms with Crippen LogP contribution in [0.3, 0.4) is 0 Å². The first-order valence-electron chi connectivity index (χ1n) is 6.19. The van der Waals surface area contributed by atoms with Gasteiger partial charge in [-0.1, -0.05) is 12.8 Å². The molecule has 0 aromatic heterocycles. The molecule has 2 rings (SSSR count). The van der Waals surface area contributed by atoms with E-state index in [1.165, 1.54) is 0 Å². The second-order valence-electron chi connectivity index (χ2n) is 5.31. The Morgan fingerprint density at radius 1 is 1.35 bits per heavy atom. The van der Waals surface area contributed by atoms with Crippen LogP contribution in [0.1, 0.15) is 32.1 Å². The van der Waals surface area contributed by atoms with E-state index < -0.39 is 10.0 Å². The Kier molecular flexibility index (Phi) is 4.07. The standard InChI is InChI=1S/C11H21NO4S/c12-17(13,14)9-11(4-1-2-5-11)8-16-10-3-6-15-7-10/h10H,1-9H2,(H2,12,13,14). The molecule has 0 amide bonds. The third-order valence-electron chi connectivity index (χ3n) is 3.68. The van der Waals surface area contributed by atoms with Crippen LogP contribution in [0.4, 0.5) is 0 Å². The Morgan fingerprint density at radius 3 is 2.59 bits per heavy atom. The fourth-order valence-electron chi connectivity index (χ4n) is 2.82. The average Bonchev–Trinajstić information content (AvgIpc) is 2.83. The van der Waals surface area contributed by atoms with Gasteiger partial charge in [0, 0.05) is 12.0 Å². The van der Waals surface area contributed by atoms with Gasteiger partial charge in [0.15, 0.2) is 0 Å². The molecule has 0 radical (unpaired) electrons. The van der Waals surface area contributed by atoms with Crippen LogP contribution in [-0.2, 0) is 19.5 Å². The highest BCUT2D eigenvalue weighted by molar-refractivity contribution is 7.89. The van der Waals surface area contributed by atoms with Gasteiger partial charge in [0.1, 0.15) is 0 Å². The Labute approximate surface area is 103 Å². The predicted molar refractivity (Wildman–Crippen MR) is 64.1 cm³/mol. The van der Waals surface area contributed by atoms with Gasteiger partial charge in [0.25, 0.3) is 0 Å². The van der Waals surface area contributed by atoms with E-state index in [1.54, 1.807) is 0 Å². The molecule has 2 aliphatic rings. The van der Waals surface area contributed by atoms with Gasteiger partial charge < -0.3 is 9.47 Å². The SMILES string of the molecule is NS(=O)(=O)CC1(COC2CCOC2)CCCC1. The van der Waals surface area contributed by atoms with Crippen molar-refractivity contribution < 1.29 is 17.9 Å². The molecular formula is C11H21NO4S. The molecule has 2 N–H and O–H groups in total. The summed E-state index contributed by atoms with van der Waals surface area (Å²) in [6.45, 7) is 1.87. The third kappa shape index (κ3) is 3.91. The maximum Gasteiger partial charge on any atom is 0.209 e. The molecule has 0 aromatic rings. The molecule has 5 nitrogen and oxygen atoms in total. The van der Waals surface area contributed by atoms with E-state index in [9.17, 15) is 8.42 Å². The molecule has 0 aromatic carbocycles. The normalized spacial score (nSPS) is 28.6. The molecule has 1 saturated carbocycles. The second kappa shape index (κ2) is 5.22. The van der Waals surface area contributed by atoms with Crippen LogP contribution in [-0.4, -0.2) is 40.1 Å². The molecule has 2 fully saturated rings. The molecule has 0 bridgehead atoms. The molecule has 17 heavy (non-hydrogen) atoms. The quantitative estimate of drug-likeness (QED) is 0.789. The number of ether oxygens (including phenoxy) is 2. The van der Waals surface area contributed by atoms with E-state index >= 15 is 0 Å². The minimum atomic E-state index is -3.42. The van der Waals surface area contributed by atoms with Crippen molar-refractivity contribution in [3.63, 3.8) is 0 Å². The zero-order valence-electron chi connectivity index (χ0n) is 10.1. The van der Waals surface area contributed by atoms with E-state index in [2.05, 4.69) is 0 Å². The Balaban J connectivity index is 1.91. The Bertz CT molecular complexity index is 342. The molecule has 1 atom stereocenters. The number of hydrogen-bond acceptors (Lipinski definition) is 4. The monoisotopic (exact) mass is 263 g/mol. The van der Waals surface area contributed by atoms with Crippen molar-refractivity contribution in [2.24, 2.45) is 10.6 Å². The minimum Gasteiger partial charge on any atom is -0.379 e. The van der Waals surface area contributed by atoms with Gasteiger partial charge in [-0.3, -0.25) is 0 Å². The molecule has 1 saturated heterocycles. The van der Waals surface area contributed by atoms with Gasteiger partial charge in [-0.2, -0.15) is 0 Å². The molecule has 6 heteroatoms. The first-order valence-corrected chi connectivity index (χ1v) is 7.91. The van der Waals surface area contributed by atoms with Gasteiger partial charge in [-0.15, -0.1) is 0 Å². The summed E-state index contributed by atoms with van der Waals surface area (Å²) in [5.74, 6) is 0.0492. The lowest BCUT2D eigenvalue weighted by molar-refractivity contribution is -0.00411. The van der Waals surface area contributed by atoms with Crippen molar-refractivity contribution in [2.75, 3.05) is 25.6 Å². The van der Waals surface area contributed by atoms with Crippen molar-refractivity contribution in [1.29, 1.82) is 0 Å². The Morgan fingerprint density at radius 2 is 2.06 bits per heavy atom. The molecule has 1 unspecified atom stereocenters. The largest absolute Gasteiger partial charge is 0.379 e. The van der Waals surface area contributed by atoms with E-state index in [-0.39, 0.29) is 17.3 Å². The lowest BCUT2D eigenvalue weighted by atomic mass is 9.90. The summed E-state index contributed by atoms with van der Waals surface area (Å²) >= 11 is 0. The molecule has 0 spiro atoms. The summed E-state index contributed by atoms with van der Waals surface area (Å²) in [7, 11) is -3.42. The number of rotatable bonds is 5. The van der Waals surface area contributed by atoms with Crippen molar-refractivity contribution in [3.05, 3.63) is 0 Å². The van der Waals surface area contributed by atoms with Crippen LogP contribution < -0.4 is 5.14 Å². The summed E-state index contributed by atoms with van der Waals surface area (Å²) < 4.78 is 33.6. The van der Waals surface area contributed by atoms with Gasteiger partial charge in [-0.25, -0.2) is 13.6 Å². The number of hydrogen-bond donors (Lipinski definition) is 1. The first-order chi connectivity index (χ1) is 7.99. The third-order valence-corrected chi connectivity index (χ3v) is 4.70. The summed E-state index contributed by atoms with van der Waals surface area (Å²) in [5, 5.41) is 5.18. The van der Waals surface area contributed by atoms with E-state index in [0.29, 0.717) is 13.2 Å². The fourth-order valence-corrected chi connectivity index (χ4v) is 4.05. The maximum atomic E-state index is 11.3. The molecule has 1 aliphatic carbocycles. The van der Waals surface area contributed by atoms with Crippen LogP contribution >= 0.6 is 0 Å². The summed E-state index contributed by atoms with van der Waals surface area (Å²) in [4.78, 5) is 0. The highest BCUT2D eigenvalue weighted by atomic mass is 32.2. The number of nitrogens with two attached hydrogens (primary N) is 1. The lowest BCUT2D eigenvalue weighted by Gasteiger charge is -2.28. The topological polar surface area (TPSA) is 78.6 Å². The van der Waals surface area contributed by atoms with Crippen LogP contribution in [0.15, 0.2) is 0 Å². The van der Waals surface area contributed by atoms with Crippen molar-refractivity contribution in [1.82, 2.24) is 0 Å². The highest BCUT2D eigenvalue weighted by Crippen LogP contribution is 2.39. The van der Waals surface area contributed by atoms with Crippen molar-refractivity contribution >= 4 is 10.0 Å². The van der Waals surface area contributed by atoms with Gasteiger partial charge >= 0.3 is 0 Å². The van der Waals surface area contributed by atoms with Gasteiger partial charge in [0.05, 0.1) is 25.1 Å². The second-order valence-corrected chi connectivity index (χ2v) is 6.93. The maximum absolute atomic E-state index is 11.3. The van der Waals surface area contributed by atoms with E-state index in [1.807, 2.05) is 0 Å². The smallest absolute Gasteiger partial charge is 0.209 e. The lowest BCUT2D eigenvalue weighted by Crippen LogP contribution is -2.36. The summed E-state index contributed by atoms with van der Waals surface area (Å²) in [6, 6.07) is 0. The van der Waals surface area contributed by atoms with Gasteiger partial charge in [0.2, 0.25) is 10.0 Å². The van der Waals surface area contributed by atoms with Crippen LogP contribution in [0.5, 0.6) is 0 Å².